The van der Waals surface area contributed by atoms with E-state index in [2.05, 4.69) is 0 Å². The molecule has 0 atom stereocenters. The first-order chi connectivity index (χ1) is 10.4. The van der Waals surface area contributed by atoms with Gasteiger partial charge in [-0.15, -0.1) is 0 Å². The maximum Gasteiger partial charge on any atom is 0.273 e. The van der Waals surface area contributed by atoms with Crippen molar-refractivity contribution in [1.82, 2.24) is 0 Å². The van der Waals surface area contributed by atoms with E-state index >= 15 is 0 Å². The average Bonchev–Trinajstić information content (AvgIpc) is 2.53. The number of hydrogen-bond acceptors (Lipinski definition) is 5. The summed E-state index contributed by atoms with van der Waals surface area (Å²) in [7, 11) is 1.49. The SMILES string of the molecule is CN(C(=O)c1ccc([N+](=O)[O-])cc1O)c1cccc(C#N)c1. The molecule has 22 heavy (non-hydrogen) atoms. The number of benzene rings is 2. The Morgan fingerprint density at radius 2 is 2.05 bits per heavy atom. The van der Waals surface area contributed by atoms with Gasteiger partial charge in [0.2, 0.25) is 0 Å². The van der Waals surface area contributed by atoms with Crippen LogP contribution in [-0.2, 0) is 0 Å². The normalized spacial score (nSPS) is 9.82. The number of nitro groups is 1. The molecule has 2 aromatic rings. The summed E-state index contributed by atoms with van der Waals surface area (Å²) in [6.45, 7) is 0. The predicted octanol–water partition coefficient (Wildman–Crippen LogP) is 2.45. The smallest absolute Gasteiger partial charge is 0.273 e. The minimum absolute atomic E-state index is 0.0598. The lowest BCUT2D eigenvalue weighted by Gasteiger charge is -2.18. The molecule has 0 unspecified atom stereocenters. The molecule has 1 N–H and O–H groups in total. The number of hydrogen-bond donors (Lipinski definition) is 1. The molecule has 0 saturated carbocycles. The highest BCUT2D eigenvalue weighted by atomic mass is 16.6. The van der Waals surface area contributed by atoms with Crippen molar-refractivity contribution in [2.75, 3.05) is 11.9 Å². The number of nitro benzene ring substituents is 1. The topological polar surface area (TPSA) is 107 Å². The first-order valence-corrected chi connectivity index (χ1v) is 6.19. The van der Waals surface area contributed by atoms with Crippen molar-refractivity contribution < 1.29 is 14.8 Å². The van der Waals surface area contributed by atoms with Crippen molar-refractivity contribution in [2.24, 2.45) is 0 Å². The second-order valence-electron chi connectivity index (χ2n) is 4.48. The lowest BCUT2D eigenvalue weighted by atomic mass is 10.1. The third-order valence-corrected chi connectivity index (χ3v) is 3.09. The summed E-state index contributed by atoms with van der Waals surface area (Å²) < 4.78 is 0. The highest BCUT2D eigenvalue weighted by Crippen LogP contribution is 2.26. The van der Waals surface area contributed by atoms with Crippen molar-refractivity contribution >= 4 is 17.3 Å². The van der Waals surface area contributed by atoms with Gasteiger partial charge in [-0.1, -0.05) is 6.07 Å². The number of nitrogens with zero attached hydrogens (tertiary/aromatic N) is 3. The summed E-state index contributed by atoms with van der Waals surface area (Å²) in [6.07, 6.45) is 0. The van der Waals surface area contributed by atoms with E-state index in [1.807, 2.05) is 6.07 Å². The zero-order chi connectivity index (χ0) is 16.3. The van der Waals surface area contributed by atoms with E-state index in [0.717, 1.165) is 12.1 Å². The number of phenolic OH excluding ortho intramolecular Hbond substituents is 1. The molecule has 1 amide bonds. The monoisotopic (exact) mass is 297 g/mol. The lowest BCUT2D eigenvalue weighted by Crippen LogP contribution is -2.26. The molecular formula is C15H11N3O4. The molecule has 0 aliphatic heterocycles. The summed E-state index contributed by atoms with van der Waals surface area (Å²) in [5.41, 5.74) is 0.505. The van der Waals surface area contributed by atoms with Crippen molar-refractivity contribution in [3.05, 3.63) is 63.7 Å². The van der Waals surface area contributed by atoms with E-state index in [1.165, 1.54) is 24.1 Å². The highest BCUT2D eigenvalue weighted by Gasteiger charge is 2.19. The molecule has 0 heterocycles. The number of rotatable bonds is 3. The molecule has 0 aliphatic carbocycles. The van der Waals surface area contributed by atoms with Crippen LogP contribution in [0.3, 0.4) is 0 Å². The summed E-state index contributed by atoms with van der Waals surface area (Å²) in [6, 6.07) is 11.6. The van der Waals surface area contributed by atoms with Crippen LogP contribution in [0.5, 0.6) is 5.75 Å². The zero-order valence-electron chi connectivity index (χ0n) is 11.6. The van der Waals surface area contributed by atoms with Crippen LogP contribution in [0.25, 0.3) is 0 Å². The van der Waals surface area contributed by atoms with Gasteiger partial charge in [-0.05, 0) is 24.3 Å². The van der Waals surface area contributed by atoms with E-state index in [4.69, 9.17) is 5.26 Å². The van der Waals surface area contributed by atoms with E-state index in [9.17, 15) is 20.0 Å². The van der Waals surface area contributed by atoms with Crippen LogP contribution < -0.4 is 4.90 Å². The van der Waals surface area contributed by atoms with Gasteiger partial charge >= 0.3 is 0 Å². The maximum atomic E-state index is 12.4. The Morgan fingerprint density at radius 1 is 1.32 bits per heavy atom. The number of carbonyl (C=O) groups excluding carboxylic acids is 1. The number of nitriles is 1. The van der Waals surface area contributed by atoms with Gasteiger partial charge in [0.05, 0.1) is 28.2 Å². The Balaban J connectivity index is 2.35. The fourth-order valence-electron chi connectivity index (χ4n) is 1.90. The van der Waals surface area contributed by atoms with Gasteiger partial charge in [0.15, 0.2) is 0 Å². The van der Waals surface area contributed by atoms with E-state index < -0.39 is 16.6 Å². The Morgan fingerprint density at radius 3 is 2.64 bits per heavy atom. The Kier molecular flexibility index (Phi) is 4.04. The number of non-ortho nitro benzene ring substituents is 1. The van der Waals surface area contributed by atoms with Crippen LogP contribution in [-0.4, -0.2) is 23.0 Å². The average molecular weight is 297 g/mol. The molecule has 0 saturated heterocycles. The standard InChI is InChI=1S/C15H11N3O4/c1-17(11-4-2-3-10(7-11)9-16)15(20)13-6-5-12(18(21)22)8-14(13)19/h2-8,19H,1H3. The minimum atomic E-state index is -0.659. The van der Waals surface area contributed by atoms with Gasteiger partial charge in [0.25, 0.3) is 11.6 Å². The van der Waals surface area contributed by atoms with Crippen LogP contribution in [0.15, 0.2) is 42.5 Å². The molecule has 0 aromatic heterocycles. The van der Waals surface area contributed by atoms with Crippen LogP contribution in [0.1, 0.15) is 15.9 Å². The summed E-state index contributed by atoms with van der Waals surface area (Å²) in [5.74, 6) is -1.01. The summed E-state index contributed by atoms with van der Waals surface area (Å²) in [5, 5.41) is 29.3. The Labute approximate surface area is 125 Å². The van der Waals surface area contributed by atoms with Gasteiger partial charge in [-0.3, -0.25) is 14.9 Å². The number of carbonyl (C=O) groups is 1. The molecule has 2 aromatic carbocycles. The number of amides is 1. The molecule has 2 rings (SSSR count). The second kappa shape index (κ2) is 5.93. The third kappa shape index (κ3) is 2.86. The number of aromatic hydroxyl groups is 1. The third-order valence-electron chi connectivity index (χ3n) is 3.09. The molecule has 0 radical (unpaired) electrons. The molecule has 0 fully saturated rings. The van der Waals surface area contributed by atoms with Gasteiger partial charge in [-0.2, -0.15) is 5.26 Å². The maximum absolute atomic E-state index is 12.4. The number of phenols is 1. The number of anilines is 1. The highest BCUT2D eigenvalue weighted by molar-refractivity contribution is 6.07. The zero-order valence-corrected chi connectivity index (χ0v) is 11.6. The Hall–Kier alpha value is -3.40. The molecule has 0 bridgehead atoms. The van der Waals surface area contributed by atoms with Gasteiger partial charge < -0.3 is 10.0 Å². The molecule has 7 nitrogen and oxygen atoms in total. The largest absolute Gasteiger partial charge is 0.507 e. The summed E-state index contributed by atoms with van der Waals surface area (Å²) >= 11 is 0. The van der Waals surface area contributed by atoms with Gasteiger partial charge in [0.1, 0.15) is 5.75 Å². The van der Waals surface area contributed by atoms with Crippen LogP contribution in [0.4, 0.5) is 11.4 Å². The minimum Gasteiger partial charge on any atom is -0.507 e. The molecule has 0 aliphatic rings. The van der Waals surface area contributed by atoms with Crippen molar-refractivity contribution in [2.45, 2.75) is 0 Å². The van der Waals surface area contributed by atoms with Crippen molar-refractivity contribution in [3.63, 3.8) is 0 Å². The first kappa shape index (κ1) is 15.0. The van der Waals surface area contributed by atoms with Crippen LogP contribution in [0, 0.1) is 21.4 Å². The molecular weight excluding hydrogens is 286 g/mol. The molecule has 110 valence electrons. The lowest BCUT2D eigenvalue weighted by molar-refractivity contribution is -0.384. The predicted molar refractivity (Wildman–Crippen MR) is 78.7 cm³/mol. The molecule has 0 spiro atoms. The van der Waals surface area contributed by atoms with Gasteiger partial charge in [0, 0.05) is 18.8 Å². The molecule has 7 heteroatoms. The van der Waals surface area contributed by atoms with Gasteiger partial charge in [-0.25, -0.2) is 0 Å². The fraction of sp³-hybridized carbons (Fsp3) is 0.0667. The first-order valence-electron chi connectivity index (χ1n) is 6.19. The van der Waals surface area contributed by atoms with Crippen molar-refractivity contribution in [1.29, 1.82) is 5.26 Å². The van der Waals surface area contributed by atoms with Crippen LogP contribution in [0.2, 0.25) is 0 Å². The van der Waals surface area contributed by atoms with Crippen LogP contribution >= 0.6 is 0 Å². The quantitative estimate of drug-likeness (QED) is 0.691. The van der Waals surface area contributed by atoms with Crippen molar-refractivity contribution in [3.8, 4) is 11.8 Å². The van der Waals surface area contributed by atoms with E-state index in [-0.39, 0.29) is 11.3 Å². The second-order valence-corrected chi connectivity index (χ2v) is 4.48. The van der Waals surface area contributed by atoms with E-state index in [0.29, 0.717) is 11.3 Å². The van der Waals surface area contributed by atoms with E-state index in [1.54, 1.807) is 18.2 Å². The summed E-state index contributed by atoms with van der Waals surface area (Å²) in [4.78, 5) is 23.6. The fourth-order valence-corrected chi connectivity index (χ4v) is 1.90. The Bertz CT molecular complexity index is 796.